The van der Waals surface area contributed by atoms with Crippen molar-refractivity contribution in [2.45, 2.75) is 27.7 Å². The number of rotatable bonds is 2. The molecule has 0 aliphatic heterocycles. The first-order valence-electron chi connectivity index (χ1n) is 5.09. The molecule has 1 aromatic carbocycles. The van der Waals surface area contributed by atoms with Crippen molar-refractivity contribution in [3.63, 3.8) is 0 Å². The fraction of sp³-hybridized carbons (Fsp3) is 0.385. The molecule has 0 saturated heterocycles. The highest BCUT2D eigenvalue weighted by molar-refractivity contribution is 5.64. The summed E-state index contributed by atoms with van der Waals surface area (Å²) in [5.41, 5.74) is 4.72. The molecule has 14 heavy (non-hydrogen) atoms. The quantitative estimate of drug-likeness (QED) is 0.754. The van der Waals surface area contributed by atoms with Gasteiger partial charge >= 0.3 is 0 Å². The Balaban J connectivity index is 0.000000791. The molecule has 0 atom stereocenters. The van der Waals surface area contributed by atoms with Gasteiger partial charge in [-0.3, -0.25) is 0 Å². The van der Waals surface area contributed by atoms with Crippen molar-refractivity contribution in [2.75, 3.05) is 7.05 Å². The average molecular weight is 191 g/mol. The molecule has 0 heterocycles. The molecule has 1 heteroatoms. The molecule has 0 spiro atoms. The Bertz CT molecular complexity index is 300. The van der Waals surface area contributed by atoms with E-state index in [9.17, 15) is 0 Å². The van der Waals surface area contributed by atoms with Crippen molar-refractivity contribution in [1.82, 2.24) is 5.32 Å². The van der Waals surface area contributed by atoms with Crippen LogP contribution in [0.4, 0.5) is 0 Å². The van der Waals surface area contributed by atoms with Gasteiger partial charge in [0.15, 0.2) is 0 Å². The predicted molar refractivity (Wildman–Crippen MR) is 65.4 cm³/mol. The molecule has 0 radical (unpaired) electrons. The lowest BCUT2D eigenvalue weighted by atomic mass is 10.0. The van der Waals surface area contributed by atoms with Gasteiger partial charge in [0.2, 0.25) is 0 Å². The lowest BCUT2D eigenvalue weighted by Crippen LogP contribution is -2.04. The zero-order chi connectivity index (χ0) is 11.1. The van der Waals surface area contributed by atoms with Gasteiger partial charge in [0.25, 0.3) is 0 Å². The van der Waals surface area contributed by atoms with Crippen LogP contribution in [0.1, 0.15) is 30.5 Å². The molecule has 0 amide bonds. The Hall–Kier alpha value is -1.24. The number of hydrogen-bond donors (Lipinski definition) is 1. The minimum Gasteiger partial charge on any atom is -0.388 e. The third kappa shape index (κ3) is 3.25. The Kier molecular flexibility index (Phi) is 5.70. The van der Waals surface area contributed by atoms with Crippen LogP contribution >= 0.6 is 0 Å². The van der Waals surface area contributed by atoms with Gasteiger partial charge in [0.05, 0.1) is 0 Å². The maximum atomic E-state index is 3.93. The van der Waals surface area contributed by atoms with Crippen LogP contribution in [0.15, 0.2) is 24.8 Å². The van der Waals surface area contributed by atoms with E-state index in [0.29, 0.717) is 0 Å². The molecule has 1 rings (SSSR count). The summed E-state index contributed by atoms with van der Waals surface area (Å²) in [4.78, 5) is 0. The molecular weight excluding hydrogens is 170 g/mol. The van der Waals surface area contributed by atoms with Crippen LogP contribution in [0.25, 0.3) is 5.70 Å². The van der Waals surface area contributed by atoms with E-state index in [2.05, 4.69) is 43.9 Å². The summed E-state index contributed by atoms with van der Waals surface area (Å²) < 4.78 is 0. The maximum Gasteiger partial charge on any atom is 0.0340 e. The van der Waals surface area contributed by atoms with Gasteiger partial charge in [-0.15, -0.1) is 0 Å². The van der Waals surface area contributed by atoms with Crippen LogP contribution in [-0.4, -0.2) is 7.05 Å². The fourth-order valence-corrected chi connectivity index (χ4v) is 1.20. The zero-order valence-electron chi connectivity index (χ0n) is 9.94. The number of hydrogen-bond acceptors (Lipinski definition) is 1. The topological polar surface area (TPSA) is 12.0 Å². The van der Waals surface area contributed by atoms with Gasteiger partial charge in [-0.05, 0) is 25.5 Å². The van der Waals surface area contributed by atoms with Crippen molar-refractivity contribution >= 4 is 5.70 Å². The number of benzene rings is 1. The standard InChI is InChI=1S/C11H15N.C2H6/c1-8-5-6-9(2)11(7-8)10(3)12-4;1-2/h5-7,12H,3H2,1-2,4H3;1-2H3. The predicted octanol–water partition coefficient (Wildman–Crippen LogP) is 3.52. The summed E-state index contributed by atoms with van der Waals surface area (Å²) in [5.74, 6) is 0. The van der Waals surface area contributed by atoms with E-state index in [-0.39, 0.29) is 0 Å². The molecule has 0 fully saturated rings. The molecule has 78 valence electrons. The van der Waals surface area contributed by atoms with E-state index in [1.54, 1.807) is 0 Å². The highest BCUT2D eigenvalue weighted by Crippen LogP contribution is 2.16. The normalized spacial score (nSPS) is 8.64. The molecule has 1 nitrogen and oxygen atoms in total. The second-order valence-electron chi connectivity index (χ2n) is 3.05. The van der Waals surface area contributed by atoms with Crippen LogP contribution in [-0.2, 0) is 0 Å². The van der Waals surface area contributed by atoms with Crippen LogP contribution in [0.2, 0.25) is 0 Å². The van der Waals surface area contributed by atoms with E-state index >= 15 is 0 Å². The Morgan fingerprint density at radius 1 is 1.21 bits per heavy atom. The third-order valence-corrected chi connectivity index (χ3v) is 2.02. The minimum absolute atomic E-state index is 0.983. The molecule has 0 bridgehead atoms. The van der Waals surface area contributed by atoms with E-state index in [1.807, 2.05) is 20.9 Å². The third-order valence-electron chi connectivity index (χ3n) is 2.02. The van der Waals surface area contributed by atoms with Crippen molar-refractivity contribution in [3.8, 4) is 0 Å². The number of aryl methyl sites for hydroxylation is 2. The molecule has 1 aromatic rings. The van der Waals surface area contributed by atoms with Gasteiger partial charge in [-0.2, -0.15) is 0 Å². The van der Waals surface area contributed by atoms with Gasteiger partial charge < -0.3 is 5.32 Å². The van der Waals surface area contributed by atoms with Gasteiger partial charge in [-0.1, -0.05) is 38.1 Å². The Morgan fingerprint density at radius 2 is 1.79 bits per heavy atom. The van der Waals surface area contributed by atoms with Crippen LogP contribution in [0.5, 0.6) is 0 Å². The van der Waals surface area contributed by atoms with Gasteiger partial charge in [-0.25, -0.2) is 0 Å². The fourth-order valence-electron chi connectivity index (χ4n) is 1.20. The molecule has 0 aliphatic carbocycles. The Morgan fingerprint density at radius 3 is 2.29 bits per heavy atom. The lowest BCUT2D eigenvalue weighted by Gasteiger charge is -2.09. The first-order valence-corrected chi connectivity index (χ1v) is 5.09. The van der Waals surface area contributed by atoms with E-state index in [4.69, 9.17) is 0 Å². The molecule has 0 saturated carbocycles. The first-order chi connectivity index (χ1) is 6.65. The summed E-state index contributed by atoms with van der Waals surface area (Å²) in [5, 5.41) is 3.05. The summed E-state index contributed by atoms with van der Waals surface area (Å²) in [6.07, 6.45) is 0. The monoisotopic (exact) mass is 191 g/mol. The summed E-state index contributed by atoms with van der Waals surface area (Å²) in [6, 6.07) is 6.38. The van der Waals surface area contributed by atoms with Gasteiger partial charge in [0, 0.05) is 18.3 Å². The highest BCUT2D eigenvalue weighted by atomic mass is 14.8. The highest BCUT2D eigenvalue weighted by Gasteiger charge is 2.00. The summed E-state index contributed by atoms with van der Waals surface area (Å²) in [7, 11) is 1.89. The molecule has 0 unspecified atom stereocenters. The largest absolute Gasteiger partial charge is 0.388 e. The van der Waals surface area contributed by atoms with E-state index in [0.717, 1.165) is 5.70 Å². The Labute approximate surface area is 87.9 Å². The molecule has 0 aliphatic rings. The van der Waals surface area contributed by atoms with E-state index < -0.39 is 0 Å². The molecule has 0 aromatic heterocycles. The van der Waals surface area contributed by atoms with Crippen LogP contribution < -0.4 is 5.32 Å². The smallest absolute Gasteiger partial charge is 0.0340 e. The lowest BCUT2D eigenvalue weighted by molar-refractivity contribution is 1.12. The first kappa shape index (κ1) is 12.8. The van der Waals surface area contributed by atoms with Crippen molar-refractivity contribution in [1.29, 1.82) is 0 Å². The SMILES string of the molecule is C=C(NC)c1cc(C)ccc1C.CC. The van der Waals surface area contributed by atoms with Crippen LogP contribution in [0, 0.1) is 13.8 Å². The van der Waals surface area contributed by atoms with Crippen molar-refractivity contribution in [3.05, 3.63) is 41.5 Å². The molecular formula is C13H21N. The number of nitrogens with one attached hydrogen (secondary N) is 1. The average Bonchev–Trinajstić information content (AvgIpc) is 2.23. The van der Waals surface area contributed by atoms with Crippen LogP contribution in [0.3, 0.4) is 0 Å². The maximum absolute atomic E-state index is 3.93. The van der Waals surface area contributed by atoms with Gasteiger partial charge in [0.1, 0.15) is 0 Å². The summed E-state index contributed by atoms with van der Waals surface area (Å²) in [6.45, 7) is 12.1. The van der Waals surface area contributed by atoms with Crippen molar-refractivity contribution < 1.29 is 0 Å². The van der Waals surface area contributed by atoms with Crippen molar-refractivity contribution in [2.24, 2.45) is 0 Å². The second kappa shape index (κ2) is 6.25. The summed E-state index contributed by atoms with van der Waals surface area (Å²) >= 11 is 0. The second-order valence-corrected chi connectivity index (χ2v) is 3.05. The zero-order valence-corrected chi connectivity index (χ0v) is 9.94. The molecule has 1 N–H and O–H groups in total. The minimum atomic E-state index is 0.983. The van der Waals surface area contributed by atoms with E-state index in [1.165, 1.54) is 16.7 Å².